The summed E-state index contributed by atoms with van der Waals surface area (Å²) in [5, 5.41) is 0. The van der Waals surface area contributed by atoms with Crippen LogP contribution in [0.2, 0.25) is 0 Å². The van der Waals surface area contributed by atoms with Crippen molar-refractivity contribution in [2.45, 2.75) is 25.8 Å². The minimum atomic E-state index is -0.328. The third kappa shape index (κ3) is 3.44. The smallest absolute Gasteiger partial charge is 0.246 e. The molecule has 1 aromatic heterocycles. The van der Waals surface area contributed by atoms with E-state index in [0.717, 1.165) is 18.4 Å². The van der Waals surface area contributed by atoms with Crippen molar-refractivity contribution in [3.63, 3.8) is 0 Å². The fourth-order valence-electron chi connectivity index (χ4n) is 2.38. The van der Waals surface area contributed by atoms with E-state index in [4.69, 9.17) is 5.73 Å². The Balaban J connectivity index is 2.03. The molecule has 1 fully saturated rings. The first-order chi connectivity index (χ1) is 9.58. The van der Waals surface area contributed by atoms with Gasteiger partial charge in [-0.1, -0.05) is 6.07 Å². The van der Waals surface area contributed by atoms with E-state index in [1.165, 1.54) is 6.08 Å². The van der Waals surface area contributed by atoms with E-state index in [2.05, 4.69) is 4.98 Å². The number of piperidine rings is 1. The van der Waals surface area contributed by atoms with Gasteiger partial charge < -0.3 is 10.6 Å². The molecule has 2 atom stereocenters. The molecule has 0 bridgehead atoms. The molecular formula is C15H19N3O2. The van der Waals surface area contributed by atoms with E-state index < -0.39 is 0 Å². The van der Waals surface area contributed by atoms with Crippen LogP contribution < -0.4 is 5.73 Å². The number of nitrogens with zero attached hydrogens (tertiary/aromatic N) is 2. The number of nitrogens with two attached hydrogens (primary N) is 1. The number of carbonyl (C=O) groups excluding carboxylic acids is 2. The number of amides is 2. The van der Waals surface area contributed by atoms with Crippen LogP contribution in [0.25, 0.3) is 6.08 Å². The van der Waals surface area contributed by atoms with Crippen molar-refractivity contribution in [3.05, 3.63) is 36.2 Å². The topological polar surface area (TPSA) is 76.3 Å². The number of carbonyl (C=O) groups is 2. The fraction of sp³-hybridized carbons (Fsp3) is 0.400. The molecule has 1 saturated heterocycles. The molecule has 0 aromatic carbocycles. The molecule has 2 heterocycles. The summed E-state index contributed by atoms with van der Waals surface area (Å²) in [6.45, 7) is 2.40. The molecule has 106 valence electrons. The lowest BCUT2D eigenvalue weighted by Gasteiger charge is -2.36. The summed E-state index contributed by atoms with van der Waals surface area (Å²) in [4.78, 5) is 29.2. The van der Waals surface area contributed by atoms with Crippen LogP contribution in [-0.2, 0) is 9.59 Å². The van der Waals surface area contributed by atoms with Crippen molar-refractivity contribution >= 4 is 17.9 Å². The highest BCUT2D eigenvalue weighted by Gasteiger charge is 2.30. The summed E-state index contributed by atoms with van der Waals surface area (Å²) in [5.41, 5.74) is 6.21. The molecule has 0 aliphatic carbocycles. The number of hydrogen-bond acceptors (Lipinski definition) is 3. The summed E-state index contributed by atoms with van der Waals surface area (Å²) in [5.74, 6) is -0.653. The van der Waals surface area contributed by atoms with Gasteiger partial charge in [-0.15, -0.1) is 0 Å². The molecule has 2 unspecified atom stereocenters. The fourth-order valence-corrected chi connectivity index (χ4v) is 2.38. The van der Waals surface area contributed by atoms with Gasteiger partial charge in [0, 0.05) is 31.1 Å². The van der Waals surface area contributed by atoms with E-state index in [9.17, 15) is 9.59 Å². The van der Waals surface area contributed by atoms with E-state index in [1.54, 1.807) is 23.4 Å². The zero-order valence-electron chi connectivity index (χ0n) is 11.5. The summed E-state index contributed by atoms with van der Waals surface area (Å²) in [7, 11) is 0. The average Bonchev–Trinajstić information content (AvgIpc) is 2.46. The van der Waals surface area contributed by atoms with Crippen LogP contribution in [0.5, 0.6) is 0 Å². The molecule has 2 rings (SSSR count). The Morgan fingerprint density at radius 1 is 1.45 bits per heavy atom. The van der Waals surface area contributed by atoms with Gasteiger partial charge in [0.2, 0.25) is 11.8 Å². The number of pyridine rings is 1. The van der Waals surface area contributed by atoms with Gasteiger partial charge in [-0.25, -0.2) is 0 Å². The van der Waals surface area contributed by atoms with E-state index in [1.807, 2.05) is 19.1 Å². The number of hydrogen-bond donors (Lipinski definition) is 1. The normalized spacial score (nSPS) is 22.9. The Morgan fingerprint density at radius 3 is 2.90 bits per heavy atom. The monoisotopic (exact) mass is 273 g/mol. The number of rotatable bonds is 3. The second-order valence-electron chi connectivity index (χ2n) is 5.14. The van der Waals surface area contributed by atoms with Crippen molar-refractivity contribution in [1.82, 2.24) is 9.88 Å². The number of likely N-dealkylation sites (tertiary alicyclic amines) is 1. The van der Waals surface area contributed by atoms with Crippen molar-refractivity contribution in [2.75, 3.05) is 6.54 Å². The van der Waals surface area contributed by atoms with Gasteiger partial charge in [0.25, 0.3) is 0 Å². The highest BCUT2D eigenvalue weighted by molar-refractivity contribution is 5.92. The van der Waals surface area contributed by atoms with Crippen LogP contribution >= 0.6 is 0 Å². The molecular weight excluding hydrogens is 254 g/mol. The molecule has 20 heavy (non-hydrogen) atoms. The average molecular weight is 273 g/mol. The van der Waals surface area contributed by atoms with Crippen LogP contribution in [0.15, 0.2) is 30.6 Å². The van der Waals surface area contributed by atoms with E-state index >= 15 is 0 Å². The maximum Gasteiger partial charge on any atom is 0.246 e. The Hall–Kier alpha value is -2.17. The van der Waals surface area contributed by atoms with Crippen LogP contribution in [0.1, 0.15) is 25.3 Å². The van der Waals surface area contributed by atoms with Gasteiger partial charge >= 0.3 is 0 Å². The summed E-state index contributed by atoms with van der Waals surface area (Å²) >= 11 is 0. The Kier molecular flexibility index (Phi) is 4.50. The van der Waals surface area contributed by atoms with Crippen molar-refractivity contribution in [3.8, 4) is 0 Å². The van der Waals surface area contributed by atoms with Gasteiger partial charge in [0.05, 0.1) is 5.92 Å². The van der Waals surface area contributed by atoms with Crippen molar-refractivity contribution < 1.29 is 9.59 Å². The van der Waals surface area contributed by atoms with Crippen LogP contribution in [0, 0.1) is 5.92 Å². The lowest BCUT2D eigenvalue weighted by Crippen LogP contribution is -2.48. The minimum absolute atomic E-state index is 0.0905. The molecule has 5 heteroatoms. The summed E-state index contributed by atoms with van der Waals surface area (Å²) in [6, 6.07) is 3.83. The molecule has 5 nitrogen and oxygen atoms in total. The Morgan fingerprint density at radius 2 is 2.25 bits per heavy atom. The molecule has 0 saturated carbocycles. The van der Waals surface area contributed by atoms with Crippen LogP contribution in [0.3, 0.4) is 0 Å². The van der Waals surface area contributed by atoms with Gasteiger partial charge in [0.1, 0.15) is 0 Å². The lowest BCUT2D eigenvalue weighted by atomic mass is 9.93. The number of aromatic nitrogens is 1. The first-order valence-corrected chi connectivity index (χ1v) is 6.76. The highest BCUT2D eigenvalue weighted by atomic mass is 16.2. The molecule has 2 amide bonds. The third-order valence-electron chi connectivity index (χ3n) is 3.67. The molecule has 1 aliphatic heterocycles. The first kappa shape index (κ1) is 14.2. The molecule has 1 aliphatic rings. The highest BCUT2D eigenvalue weighted by Crippen LogP contribution is 2.22. The SMILES string of the molecule is CC1CCC(C(N)=O)CN1C(=O)C=Cc1cccnc1. The zero-order valence-corrected chi connectivity index (χ0v) is 11.5. The lowest BCUT2D eigenvalue weighted by molar-refractivity contribution is -0.133. The van der Waals surface area contributed by atoms with E-state index in [-0.39, 0.29) is 23.8 Å². The third-order valence-corrected chi connectivity index (χ3v) is 3.67. The maximum absolute atomic E-state index is 12.2. The van der Waals surface area contributed by atoms with Crippen LogP contribution in [-0.4, -0.2) is 34.3 Å². The van der Waals surface area contributed by atoms with Gasteiger partial charge in [-0.05, 0) is 37.5 Å². The summed E-state index contributed by atoms with van der Waals surface area (Å²) in [6.07, 6.45) is 8.19. The summed E-state index contributed by atoms with van der Waals surface area (Å²) < 4.78 is 0. The predicted molar refractivity (Wildman–Crippen MR) is 76.4 cm³/mol. The van der Waals surface area contributed by atoms with Crippen LogP contribution in [0.4, 0.5) is 0 Å². The van der Waals surface area contributed by atoms with E-state index in [0.29, 0.717) is 6.54 Å². The molecule has 0 spiro atoms. The van der Waals surface area contributed by atoms with Gasteiger partial charge in [-0.2, -0.15) is 0 Å². The largest absolute Gasteiger partial charge is 0.369 e. The van der Waals surface area contributed by atoms with Gasteiger partial charge in [-0.3, -0.25) is 14.6 Å². The van der Waals surface area contributed by atoms with Crippen molar-refractivity contribution in [2.24, 2.45) is 11.7 Å². The molecule has 0 radical (unpaired) electrons. The van der Waals surface area contributed by atoms with Crippen molar-refractivity contribution in [1.29, 1.82) is 0 Å². The predicted octanol–water partition coefficient (Wildman–Crippen LogP) is 1.21. The quantitative estimate of drug-likeness (QED) is 0.841. The minimum Gasteiger partial charge on any atom is -0.369 e. The molecule has 2 N–H and O–H groups in total. The number of primary amides is 1. The Bertz CT molecular complexity index is 513. The maximum atomic E-state index is 12.2. The van der Waals surface area contributed by atoms with Gasteiger partial charge in [0.15, 0.2) is 0 Å². The standard InChI is InChI=1S/C15H19N3O2/c1-11-4-6-13(15(16)20)10-18(11)14(19)7-5-12-3-2-8-17-9-12/h2-3,5,7-9,11,13H,4,6,10H2,1H3,(H2,16,20). The second kappa shape index (κ2) is 6.32. The molecule has 1 aromatic rings. The Labute approximate surface area is 118 Å². The second-order valence-corrected chi connectivity index (χ2v) is 5.14. The first-order valence-electron chi connectivity index (χ1n) is 6.76. The zero-order chi connectivity index (χ0) is 14.5.